The molecular formula is C30H34Cl2N4O2. The number of hydrogen-bond donors (Lipinski definition) is 1. The minimum absolute atomic E-state index is 0.380. The molecule has 1 fully saturated rings. The molecule has 1 saturated heterocycles. The highest BCUT2D eigenvalue weighted by atomic mass is 35.5. The number of unbranched alkanes of at least 4 members (excludes halogenated alkanes) is 1. The van der Waals surface area contributed by atoms with E-state index in [2.05, 4.69) is 39.9 Å². The average molecular weight is 554 g/mol. The first-order chi connectivity index (χ1) is 18.6. The van der Waals surface area contributed by atoms with Crippen LogP contribution in [0.3, 0.4) is 0 Å². The molecule has 0 atom stereocenters. The van der Waals surface area contributed by atoms with Crippen molar-refractivity contribution >= 4 is 34.2 Å². The zero-order chi connectivity index (χ0) is 26.3. The van der Waals surface area contributed by atoms with Crippen molar-refractivity contribution in [3.05, 3.63) is 76.3 Å². The number of halogens is 2. The number of ether oxygens (including phenoxy) is 2. The summed E-state index contributed by atoms with van der Waals surface area (Å²) in [5, 5.41) is 4.59. The van der Waals surface area contributed by atoms with Crippen molar-refractivity contribution in [2.45, 2.75) is 32.9 Å². The Balaban J connectivity index is 1.35. The molecule has 0 aliphatic carbocycles. The van der Waals surface area contributed by atoms with Crippen LogP contribution in [0.2, 0.25) is 10.0 Å². The number of benzene rings is 3. The first-order valence-corrected chi connectivity index (χ1v) is 14.1. The summed E-state index contributed by atoms with van der Waals surface area (Å²) in [5.41, 5.74) is 3.99. The van der Waals surface area contributed by atoms with E-state index in [0.29, 0.717) is 23.3 Å². The van der Waals surface area contributed by atoms with Crippen LogP contribution in [0.1, 0.15) is 25.3 Å². The molecule has 1 aromatic heterocycles. The number of hydrogen-bond acceptors (Lipinski definition) is 5. The fraction of sp³-hybridized carbons (Fsp3) is 0.367. The number of nitrogens with zero attached hydrogens (tertiary/aromatic N) is 3. The third-order valence-electron chi connectivity index (χ3n) is 6.76. The lowest BCUT2D eigenvalue weighted by molar-refractivity contribution is 0.191. The molecule has 5 rings (SSSR count). The zero-order valence-corrected chi connectivity index (χ0v) is 23.3. The summed E-state index contributed by atoms with van der Waals surface area (Å²) in [4.78, 5) is 7.45. The second kappa shape index (κ2) is 12.9. The quantitative estimate of drug-likeness (QED) is 0.225. The molecule has 6 nitrogen and oxygen atoms in total. The molecule has 3 aromatic carbocycles. The first kappa shape index (κ1) is 26.8. The molecule has 200 valence electrons. The van der Waals surface area contributed by atoms with Crippen LogP contribution in [0.15, 0.2) is 60.7 Å². The number of imidazole rings is 1. The van der Waals surface area contributed by atoms with Crippen LogP contribution in [0, 0.1) is 0 Å². The normalized spacial score (nSPS) is 14.2. The maximum atomic E-state index is 6.16. The largest absolute Gasteiger partial charge is 0.492 e. The van der Waals surface area contributed by atoms with Crippen molar-refractivity contribution in [3.63, 3.8) is 0 Å². The predicted octanol–water partition coefficient (Wildman–Crippen LogP) is 6.67. The number of rotatable bonds is 11. The van der Waals surface area contributed by atoms with Gasteiger partial charge in [-0.1, -0.05) is 48.7 Å². The second-order valence-corrected chi connectivity index (χ2v) is 10.5. The second-order valence-electron chi connectivity index (χ2n) is 9.63. The van der Waals surface area contributed by atoms with Crippen molar-refractivity contribution < 1.29 is 9.47 Å². The van der Waals surface area contributed by atoms with E-state index in [-0.39, 0.29) is 0 Å². The van der Waals surface area contributed by atoms with Crippen molar-refractivity contribution in [1.82, 2.24) is 19.8 Å². The minimum Gasteiger partial charge on any atom is -0.492 e. The summed E-state index contributed by atoms with van der Waals surface area (Å²) in [6.45, 7) is 9.34. The molecule has 4 aromatic rings. The van der Waals surface area contributed by atoms with Gasteiger partial charge in [-0.15, -0.1) is 0 Å². The van der Waals surface area contributed by atoms with E-state index in [1.165, 1.54) is 0 Å². The van der Waals surface area contributed by atoms with Gasteiger partial charge in [0.15, 0.2) is 0 Å². The molecule has 38 heavy (non-hydrogen) atoms. The van der Waals surface area contributed by atoms with Gasteiger partial charge in [0.05, 0.1) is 11.0 Å². The third kappa shape index (κ3) is 6.80. The Labute approximate surface area is 234 Å². The Hall–Kier alpha value is -2.77. The van der Waals surface area contributed by atoms with Crippen LogP contribution in [-0.4, -0.2) is 53.8 Å². The van der Waals surface area contributed by atoms with Crippen LogP contribution < -0.4 is 14.8 Å². The Morgan fingerprint density at radius 1 is 0.895 bits per heavy atom. The van der Waals surface area contributed by atoms with Crippen molar-refractivity contribution in [1.29, 1.82) is 0 Å². The molecular weight excluding hydrogens is 519 g/mol. The van der Waals surface area contributed by atoms with E-state index in [1.54, 1.807) is 6.07 Å². The molecule has 1 N–H and O–H groups in total. The molecule has 1 aliphatic heterocycles. The fourth-order valence-corrected chi connectivity index (χ4v) is 5.34. The topological polar surface area (TPSA) is 51.6 Å². The summed E-state index contributed by atoms with van der Waals surface area (Å²) in [7, 11) is 0. The summed E-state index contributed by atoms with van der Waals surface area (Å²) >= 11 is 12.3. The lowest BCUT2D eigenvalue weighted by Gasteiger charge is -2.26. The maximum absolute atomic E-state index is 6.16. The van der Waals surface area contributed by atoms with E-state index in [4.69, 9.17) is 37.7 Å². The van der Waals surface area contributed by atoms with E-state index in [9.17, 15) is 0 Å². The van der Waals surface area contributed by atoms with Crippen LogP contribution in [0.5, 0.6) is 11.5 Å². The molecule has 0 saturated carbocycles. The van der Waals surface area contributed by atoms with Crippen LogP contribution >= 0.6 is 23.2 Å². The highest BCUT2D eigenvalue weighted by molar-refractivity contribution is 6.34. The van der Waals surface area contributed by atoms with Crippen molar-refractivity contribution in [2.24, 2.45) is 0 Å². The smallest absolute Gasteiger partial charge is 0.141 e. The fourth-order valence-electron chi connectivity index (χ4n) is 4.77. The van der Waals surface area contributed by atoms with E-state index in [0.717, 1.165) is 91.6 Å². The maximum Gasteiger partial charge on any atom is 0.141 e. The number of piperazine rings is 1. The average Bonchev–Trinajstić information content (AvgIpc) is 3.29. The Kier molecular flexibility index (Phi) is 9.07. The van der Waals surface area contributed by atoms with Gasteiger partial charge in [-0.2, -0.15) is 0 Å². The molecule has 0 radical (unpaired) electrons. The van der Waals surface area contributed by atoms with Gasteiger partial charge >= 0.3 is 0 Å². The SMILES string of the molecule is CCCCn1c(-c2cccc(OCc3cc(Cl)cc(Cl)c3)c2)nc2ccc(OCCN3CCNCC3)cc21. The monoisotopic (exact) mass is 552 g/mol. The molecule has 2 heterocycles. The molecule has 0 bridgehead atoms. The molecule has 0 unspecified atom stereocenters. The van der Waals surface area contributed by atoms with Gasteiger partial charge in [-0.25, -0.2) is 4.98 Å². The Morgan fingerprint density at radius 3 is 2.47 bits per heavy atom. The summed E-state index contributed by atoms with van der Waals surface area (Å²) in [6, 6.07) is 19.7. The number of aromatic nitrogens is 2. The van der Waals surface area contributed by atoms with E-state index in [1.807, 2.05) is 36.4 Å². The molecule has 0 amide bonds. The number of aryl methyl sites for hydroxylation is 1. The lowest BCUT2D eigenvalue weighted by Crippen LogP contribution is -2.44. The van der Waals surface area contributed by atoms with E-state index >= 15 is 0 Å². The van der Waals surface area contributed by atoms with Gasteiger partial charge in [0.2, 0.25) is 0 Å². The minimum atomic E-state index is 0.380. The molecule has 0 spiro atoms. The zero-order valence-electron chi connectivity index (χ0n) is 21.8. The van der Waals surface area contributed by atoms with Crippen LogP contribution in [0.4, 0.5) is 0 Å². The van der Waals surface area contributed by atoms with E-state index < -0.39 is 0 Å². The summed E-state index contributed by atoms with van der Waals surface area (Å²) in [6.07, 6.45) is 2.17. The summed E-state index contributed by atoms with van der Waals surface area (Å²) < 4.78 is 14.6. The van der Waals surface area contributed by atoms with Gasteiger partial charge in [0, 0.05) is 60.9 Å². The highest BCUT2D eigenvalue weighted by Gasteiger charge is 2.15. The molecule has 8 heteroatoms. The number of nitrogens with one attached hydrogen (secondary N) is 1. The Bertz CT molecular complexity index is 1350. The van der Waals surface area contributed by atoms with Crippen LogP contribution in [-0.2, 0) is 13.2 Å². The van der Waals surface area contributed by atoms with Crippen molar-refractivity contribution in [3.8, 4) is 22.9 Å². The van der Waals surface area contributed by atoms with Gasteiger partial charge in [-0.3, -0.25) is 4.90 Å². The van der Waals surface area contributed by atoms with Crippen LogP contribution in [0.25, 0.3) is 22.4 Å². The summed E-state index contributed by atoms with van der Waals surface area (Å²) in [5.74, 6) is 2.58. The van der Waals surface area contributed by atoms with Crippen molar-refractivity contribution in [2.75, 3.05) is 39.3 Å². The van der Waals surface area contributed by atoms with Gasteiger partial charge in [0.1, 0.15) is 30.5 Å². The Morgan fingerprint density at radius 2 is 1.68 bits per heavy atom. The third-order valence-corrected chi connectivity index (χ3v) is 7.20. The first-order valence-electron chi connectivity index (χ1n) is 13.3. The highest BCUT2D eigenvalue weighted by Crippen LogP contribution is 2.30. The number of fused-ring (bicyclic) bond motifs is 1. The standard InChI is InChI=1S/C30H34Cl2N4O2/c1-2-3-11-36-29-20-27(37-15-14-35-12-9-33-10-13-35)7-8-28(29)34-30(36)23-5-4-6-26(18-23)38-21-22-16-24(31)19-25(32)17-22/h4-8,16-20,33H,2-3,9-15,21H2,1H3. The van der Waals surface area contributed by atoms with Gasteiger partial charge in [0.25, 0.3) is 0 Å². The van der Waals surface area contributed by atoms with Gasteiger partial charge < -0.3 is 19.4 Å². The lowest BCUT2D eigenvalue weighted by atomic mass is 10.2. The van der Waals surface area contributed by atoms with Gasteiger partial charge in [-0.05, 0) is 54.4 Å². The molecule has 1 aliphatic rings. The predicted molar refractivity (Wildman–Crippen MR) is 156 cm³/mol.